The molecule has 0 saturated heterocycles. The molecule has 0 atom stereocenters. The van der Waals surface area contributed by atoms with Crippen molar-refractivity contribution in [2.24, 2.45) is 0 Å². The molecule has 0 aromatic carbocycles. The summed E-state index contributed by atoms with van der Waals surface area (Å²) in [5.41, 5.74) is 0. The molecular weight excluding hydrogens is 144 g/mol. The smallest absolute Gasteiger partial charge is 0.652 e. The van der Waals surface area contributed by atoms with Crippen molar-refractivity contribution in [2.75, 3.05) is 0 Å². The maximum Gasteiger partial charge on any atom is 1.00 e. The molecule has 40 valence electrons. The molecule has 0 amide bonds. The van der Waals surface area contributed by atoms with Gasteiger partial charge in [0, 0.05) is 6.92 Å². The molecule has 0 bridgehead atoms. The molecule has 0 aliphatic rings. The fourth-order valence-corrected chi connectivity index (χ4v) is 0. The zero-order valence-corrected chi connectivity index (χ0v) is 9.67. The summed E-state index contributed by atoms with van der Waals surface area (Å²) in [6.07, 6.45) is -2.33. The van der Waals surface area contributed by atoms with E-state index in [0.717, 1.165) is 0 Å². The van der Waals surface area contributed by atoms with Gasteiger partial charge in [0.05, 0.1) is 6.07 Å². The Balaban J connectivity index is -0.0000000233. The first-order valence-corrected chi connectivity index (χ1v) is 1.34. The fraction of sp³-hybridized carbons (Fsp3) is 0.333. The molecule has 0 aliphatic heterocycles. The minimum absolute atomic E-state index is 0. The van der Waals surface area contributed by atoms with Gasteiger partial charge >= 0.3 is 59.1 Å². The summed E-state index contributed by atoms with van der Waals surface area (Å²) >= 11 is 0. The van der Waals surface area contributed by atoms with E-state index in [1.165, 1.54) is 6.92 Å². The largest absolute Gasteiger partial charge is 1.00 e. The Bertz CT molecular complexity index is 85.5. The van der Waals surface area contributed by atoms with Crippen LogP contribution in [-0.2, 0) is 0 Å². The van der Waals surface area contributed by atoms with Gasteiger partial charge in [-0.1, -0.05) is 0 Å². The van der Waals surface area contributed by atoms with Crippen molar-refractivity contribution in [3.63, 3.8) is 0 Å². The first kappa shape index (κ1) is 22.6. The second-order valence-electron chi connectivity index (χ2n) is 0.474. The van der Waals surface area contributed by atoms with E-state index in [1.54, 1.807) is 6.07 Å². The molecule has 4 nitrogen and oxygen atoms in total. The Kier molecular flexibility index (Phi) is 58.4. The van der Waals surface area contributed by atoms with Crippen LogP contribution in [0.1, 0.15) is 6.92 Å². The van der Waals surface area contributed by atoms with Crippen LogP contribution in [0.2, 0.25) is 0 Å². The van der Waals surface area contributed by atoms with Crippen LogP contribution in [0.4, 0.5) is 4.79 Å². The molecule has 0 N–H and O–H groups in total. The Morgan fingerprint density at radius 1 is 1.44 bits per heavy atom. The fourth-order valence-electron chi connectivity index (χ4n) is 0. The van der Waals surface area contributed by atoms with Crippen molar-refractivity contribution in [1.82, 2.24) is 0 Å². The van der Waals surface area contributed by atoms with Crippen molar-refractivity contribution in [2.45, 2.75) is 6.92 Å². The third kappa shape index (κ3) is 693. The molecule has 9 heavy (non-hydrogen) atoms. The third-order valence-electron chi connectivity index (χ3n) is 0. The van der Waals surface area contributed by atoms with E-state index in [9.17, 15) is 0 Å². The van der Waals surface area contributed by atoms with Crippen molar-refractivity contribution < 1.29 is 74.1 Å². The molecule has 0 saturated carbocycles. The second-order valence-corrected chi connectivity index (χ2v) is 0.474. The van der Waals surface area contributed by atoms with Crippen molar-refractivity contribution >= 4 is 6.16 Å². The molecule has 0 heterocycles. The van der Waals surface area contributed by atoms with Crippen LogP contribution in [0.15, 0.2) is 0 Å². The van der Waals surface area contributed by atoms with Crippen molar-refractivity contribution in [3.8, 4) is 6.07 Å². The van der Waals surface area contributed by atoms with Crippen LogP contribution in [0.3, 0.4) is 0 Å². The quantitative estimate of drug-likeness (QED) is 0.318. The molecule has 0 aromatic heterocycles. The van der Waals surface area contributed by atoms with Gasteiger partial charge < -0.3 is 15.0 Å². The Hall–Kier alpha value is 0.760. The van der Waals surface area contributed by atoms with E-state index >= 15 is 0 Å². The van der Waals surface area contributed by atoms with Gasteiger partial charge in [-0.25, -0.2) is 0 Å². The average molecular weight is 147 g/mol. The molecule has 0 unspecified atom stereocenters. The summed E-state index contributed by atoms with van der Waals surface area (Å²) in [4.78, 5) is 8.33. The Labute approximate surface area is 97.4 Å². The SMILES string of the molecule is CC#N.O=C([O-])[O-].[Na+].[Na+]. The number of hydrogen-bond donors (Lipinski definition) is 0. The number of carbonyl (C=O) groups excluding carboxylic acids is 1. The number of hydrogen-bond acceptors (Lipinski definition) is 4. The van der Waals surface area contributed by atoms with Crippen LogP contribution in [0, 0.1) is 11.3 Å². The Morgan fingerprint density at radius 2 is 1.44 bits per heavy atom. The van der Waals surface area contributed by atoms with Crippen LogP contribution >= 0.6 is 0 Å². The number of rotatable bonds is 0. The predicted octanol–water partition coefficient (Wildman–Crippen LogP) is -7.91. The van der Waals surface area contributed by atoms with Gasteiger partial charge in [-0.05, 0) is 6.16 Å². The van der Waals surface area contributed by atoms with Crippen LogP contribution in [0.5, 0.6) is 0 Å². The van der Waals surface area contributed by atoms with Crippen LogP contribution in [0.25, 0.3) is 0 Å². The molecule has 0 aliphatic carbocycles. The number of carboxylic acid groups (broad SMARTS) is 2. The monoisotopic (exact) mass is 147 g/mol. The first-order chi connectivity index (χ1) is 3.15. The van der Waals surface area contributed by atoms with E-state index in [2.05, 4.69) is 0 Å². The van der Waals surface area contributed by atoms with Gasteiger partial charge in [-0.3, -0.25) is 0 Å². The second kappa shape index (κ2) is 23.3. The van der Waals surface area contributed by atoms with E-state index in [0.29, 0.717) is 0 Å². The number of carbonyl (C=O) groups is 1. The van der Waals surface area contributed by atoms with Gasteiger partial charge in [0.25, 0.3) is 0 Å². The summed E-state index contributed by atoms with van der Waals surface area (Å²) in [6, 6.07) is 1.75. The summed E-state index contributed by atoms with van der Waals surface area (Å²) in [7, 11) is 0. The van der Waals surface area contributed by atoms with Gasteiger partial charge in [-0.15, -0.1) is 0 Å². The van der Waals surface area contributed by atoms with E-state index in [4.69, 9.17) is 20.3 Å². The molecule has 0 rings (SSSR count). The van der Waals surface area contributed by atoms with Crippen LogP contribution in [-0.4, -0.2) is 6.16 Å². The predicted molar refractivity (Wildman–Crippen MR) is 16.7 cm³/mol. The molecule has 0 spiro atoms. The molecule has 0 aromatic rings. The van der Waals surface area contributed by atoms with Gasteiger partial charge in [-0.2, -0.15) is 5.26 Å². The van der Waals surface area contributed by atoms with E-state index in [1.807, 2.05) is 0 Å². The normalized spacial score (nSPS) is 3.56. The van der Waals surface area contributed by atoms with E-state index < -0.39 is 6.16 Å². The minimum Gasteiger partial charge on any atom is -0.652 e. The maximum atomic E-state index is 8.33. The molecule has 0 radical (unpaired) electrons. The number of nitriles is 1. The number of nitrogens with zero attached hydrogens (tertiary/aromatic N) is 1. The average Bonchev–Trinajstić information content (AvgIpc) is 1.33. The first-order valence-electron chi connectivity index (χ1n) is 1.34. The molecular formula is C3H3NNa2O3. The van der Waals surface area contributed by atoms with Crippen molar-refractivity contribution in [3.05, 3.63) is 0 Å². The molecule has 0 fully saturated rings. The minimum atomic E-state index is -2.33. The van der Waals surface area contributed by atoms with Gasteiger partial charge in [0.15, 0.2) is 0 Å². The van der Waals surface area contributed by atoms with Crippen molar-refractivity contribution in [1.29, 1.82) is 5.26 Å². The zero-order valence-electron chi connectivity index (χ0n) is 5.67. The third-order valence-corrected chi connectivity index (χ3v) is 0. The zero-order chi connectivity index (χ0) is 6.28. The van der Waals surface area contributed by atoms with E-state index in [-0.39, 0.29) is 59.1 Å². The summed E-state index contributed by atoms with van der Waals surface area (Å²) < 4.78 is 0. The Morgan fingerprint density at radius 3 is 1.44 bits per heavy atom. The molecule has 6 heteroatoms. The summed E-state index contributed by atoms with van der Waals surface area (Å²) in [6.45, 7) is 1.43. The topological polar surface area (TPSA) is 87.0 Å². The van der Waals surface area contributed by atoms with Gasteiger partial charge in [0.1, 0.15) is 0 Å². The van der Waals surface area contributed by atoms with Gasteiger partial charge in [0.2, 0.25) is 0 Å². The standard InChI is InChI=1S/C2H3N.CH2O3.2Na/c1-2-3;2-1(3)4;;/h1H3;(H2,2,3,4);;/q;;2*+1/p-2. The van der Waals surface area contributed by atoms with Crippen LogP contribution < -0.4 is 69.3 Å². The summed E-state index contributed by atoms with van der Waals surface area (Å²) in [5.74, 6) is 0. The summed E-state index contributed by atoms with van der Waals surface area (Å²) in [5, 5.41) is 24.0. The maximum absolute atomic E-state index is 8.33.